The van der Waals surface area contributed by atoms with Crippen molar-refractivity contribution in [3.05, 3.63) is 65.6 Å². The van der Waals surface area contributed by atoms with Gasteiger partial charge in [-0.05, 0) is 44.2 Å². The zero-order valence-corrected chi connectivity index (χ0v) is 14.8. The third-order valence-corrected chi connectivity index (χ3v) is 5.03. The molecular weight excluding hydrogens is 314 g/mol. The van der Waals surface area contributed by atoms with Crippen LogP contribution in [0.1, 0.15) is 30.2 Å². The number of para-hydroxylation sites is 1. The Bertz CT molecular complexity index is 738. The van der Waals surface area contributed by atoms with E-state index in [4.69, 9.17) is 5.73 Å². The predicted molar refractivity (Wildman–Crippen MR) is 105 cm³/mol. The smallest absolute Gasteiger partial charge is 0.113 e. The molecule has 124 valence electrons. The maximum absolute atomic E-state index is 9.46. The molecular formula is C20H23N3S. The van der Waals surface area contributed by atoms with E-state index in [-0.39, 0.29) is 0 Å². The zero-order chi connectivity index (χ0) is 17.4. The number of thiophene rings is 1. The molecule has 0 aliphatic rings. The average molecular weight is 337 g/mol. The van der Waals surface area contributed by atoms with Crippen LogP contribution in [0.5, 0.6) is 0 Å². The van der Waals surface area contributed by atoms with E-state index >= 15 is 0 Å². The summed E-state index contributed by atoms with van der Waals surface area (Å²) >= 11 is 1.56. The van der Waals surface area contributed by atoms with Gasteiger partial charge in [0.15, 0.2) is 0 Å². The molecule has 1 heterocycles. The zero-order valence-electron chi connectivity index (χ0n) is 14.0. The first-order valence-electron chi connectivity index (χ1n) is 8.06. The van der Waals surface area contributed by atoms with Crippen LogP contribution in [-0.2, 0) is 6.42 Å². The second-order valence-electron chi connectivity index (χ2n) is 5.59. The number of allylic oxidation sites excluding steroid dienone is 3. The van der Waals surface area contributed by atoms with Gasteiger partial charge in [0.2, 0.25) is 0 Å². The summed E-state index contributed by atoms with van der Waals surface area (Å²) in [5, 5.41) is 13.6. The number of nitrogens with two attached hydrogens (primary N) is 1. The van der Waals surface area contributed by atoms with Gasteiger partial charge >= 0.3 is 0 Å². The van der Waals surface area contributed by atoms with Crippen LogP contribution >= 0.6 is 11.3 Å². The van der Waals surface area contributed by atoms with Crippen LogP contribution in [0.25, 0.3) is 0 Å². The fourth-order valence-electron chi connectivity index (χ4n) is 2.51. The standard InChI is InChI=1S/C20H23N3S/c1-3-5-7-10-15(4-2)13-18-19(22)17(14-21)20(24-18)23-16-11-8-6-9-12-16/h3-6,8-9,11-12,15,23H,2,7,10,13,22H2,1H3/b5-3+. The fourth-order valence-corrected chi connectivity index (χ4v) is 3.69. The summed E-state index contributed by atoms with van der Waals surface area (Å²) in [4.78, 5) is 1.05. The third-order valence-electron chi connectivity index (χ3n) is 3.89. The summed E-state index contributed by atoms with van der Waals surface area (Å²) < 4.78 is 0. The van der Waals surface area contributed by atoms with Crippen LogP contribution in [-0.4, -0.2) is 0 Å². The molecule has 0 spiro atoms. The lowest BCUT2D eigenvalue weighted by atomic mass is 9.97. The molecule has 1 atom stereocenters. The Morgan fingerprint density at radius 1 is 1.38 bits per heavy atom. The molecule has 3 N–H and O–H groups in total. The number of nitrogen functional groups attached to an aromatic ring is 1. The van der Waals surface area contributed by atoms with Gasteiger partial charge < -0.3 is 11.1 Å². The molecule has 24 heavy (non-hydrogen) atoms. The number of rotatable bonds is 8. The molecule has 0 fully saturated rings. The Kier molecular flexibility index (Phi) is 6.65. The van der Waals surface area contributed by atoms with Crippen molar-refractivity contribution < 1.29 is 0 Å². The second kappa shape index (κ2) is 8.95. The van der Waals surface area contributed by atoms with Crippen LogP contribution in [0.2, 0.25) is 0 Å². The van der Waals surface area contributed by atoms with Gasteiger partial charge in [-0.2, -0.15) is 5.26 Å². The van der Waals surface area contributed by atoms with Crippen molar-refractivity contribution in [2.45, 2.75) is 26.2 Å². The van der Waals surface area contributed by atoms with Crippen molar-refractivity contribution in [3.8, 4) is 6.07 Å². The van der Waals surface area contributed by atoms with Gasteiger partial charge in [-0.15, -0.1) is 17.9 Å². The van der Waals surface area contributed by atoms with Crippen molar-refractivity contribution in [3.63, 3.8) is 0 Å². The molecule has 4 heteroatoms. The number of hydrogen-bond acceptors (Lipinski definition) is 4. The molecule has 1 aromatic carbocycles. The first-order valence-corrected chi connectivity index (χ1v) is 8.88. The first kappa shape index (κ1) is 17.8. The highest BCUT2D eigenvalue weighted by molar-refractivity contribution is 7.17. The number of nitriles is 1. The topological polar surface area (TPSA) is 61.8 Å². The van der Waals surface area contributed by atoms with Gasteiger partial charge in [0.25, 0.3) is 0 Å². The molecule has 1 aromatic heterocycles. The first-order chi connectivity index (χ1) is 11.7. The van der Waals surface area contributed by atoms with E-state index in [1.54, 1.807) is 11.3 Å². The van der Waals surface area contributed by atoms with Crippen molar-refractivity contribution in [1.82, 2.24) is 0 Å². The van der Waals surface area contributed by atoms with E-state index in [1.807, 2.05) is 43.3 Å². The van der Waals surface area contributed by atoms with Crippen LogP contribution in [0.3, 0.4) is 0 Å². The SMILES string of the molecule is C=CC(CC/C=C/C)Cc1sc(Nc2ccccc2)c(C#N)c1N. The molecule has 1 unspecified atom stereocenters. The minimum absolute atomic E-state index is 0.360. The number of anilines is 3. The molecule has 0 aliphatic heterocycles. The molecule has 0 radical (unpaired) electrons. The Balaban J connectivity index is 2.19. The summed E-state index contributed by atoms with van der Waals surface area (Å²) in [6.07, 6.45) is 9.10. The predicted octanol–water partition coefficient (Wildman–Crippen LogP) is 5.65. The Hall–Kier alpha value is -2.51. The quantitative estimate of drug-likeness (QED) is 0.612. The molecule has 0 aliphatic carbocycles. The van der Waals surface area contributed by atoms with Gasteiger partial charge in [0.1, 0.15) is 16.6 Å². The number of hydrogen-bond donors (Lipinski definition) is 2. The van der Waals surface area contributed by atoms with E-state index in [0.717, 1.165) is 34.8 Å². The molecule has 2 rings (SSSR count). The number of benzene rings is 1. The van der Waals surface area contributed by atoms with Gasteiger partial charge in [0, 0.05) is 10.6 Å². The maximum Gasteiger partial charge on any atom is 0.113 e. The highest BCUT2D eigenvalue weighted by Crippen LogP contribution is 2.38. The van der Waals surface area contributed by atoms with E-state index in [2.05, 4.69) is 30.1 Å². The van der Waals surface area contributed by atoms with Gasteiger partial charge in [0.05, 0.1) is 5.69 Å². The van der Waals surface area contributed by atoms with Crippen molar-refractivity contribution in [2.75, 3.05) is 11.1 Å². The van der Waals surface area contributed by atoms with Gasteiger partial charge in [-0.25, -0.2) is 0 Å². The van der Waals surface area contributed by atoms with Crippen LogP contribution in [0.15, 0.2) is 55.1 Å². The lowest BCUT2D eigenvalue weighted by molar-refractivity contribution is 0.601. The van der Waals surface area contributed by atoms with E-state index in [1.165, 1.54) is 0 Å². The highest BCUT2D eigenvalue weighted by atomic mass is 32.1. The van der Waals surface area contributed by atoms with Crippen LogP contribution < -0.4 is 11.1 Å². The summed E-state index contributed by atoms with van der Waals surface area (Å²) in [5.41, 5.74) is 8.31. The van der Waals surface area contributed by atoms with E-state index in [0.29, 0.717) is 17.2 Å². The molecule has 3 nitrogen and oxygen atoms in total. The minimum atomic E-state index is 0.360. The largest absolute Gasteiger partial charge is 0.397 e. The molecule has 0 saturated carbocycles. The maximum atomic E-state index is 9.46. The van der Waals surface area contributed by atoms with Crippen LogP contribution in [0, 0.1) is 17.2 Å². The van der Waals surface area contributed by atoms with Crippen molar-refractivity contribution in [1.29, 1.82) is 5.26 Å². The fraction of sp³-hybridized carbons (Fsp3) is 0.250. The average Bonchev–Trinajstić information content (AvgIpc) is 2.89. The van der Waals surface area contributed by atoms with Crippen LogP contribution in [0.4, 0.5) is 16.4 Å². The Morgan fingerprint density at radius 3 is 2.75 bits per heavy atom. The second-order valence-corrected chi connectivity index (χ2v) is 6.70. The molecule has 0 bridgehead atoms. The summed E-state index contributed by atoms with van der Waals surface area (Å²) in [5.74, 6) is 0.360. The lowest BCUT2D eigenvalue weighted by Crippen LogP contribution is -2.02. The normalized spacial score (nSPS) is 12.0. The Morgan fingerprint density at radius 2 is 2.12 bits per heavy atom. The monoisotopic (exact) mass is 337 g/mol. The summed E-state index contributed by atoms with van der Waals surface area (Å²) in [6, 6.07) is 12.1. The van der Waals surface area contributed by atoms with Gasteiger partial charge in [-0.3, -0.25) is 0 Å². The third kappa shape index (κ3) is 4.50. The summed E-state index contributed by atoms with van der Waals surface area (Å²) in [6.45, 7) is 5.97. The number of nitrogens with one attached hydrogen (secondary N) is 1. The molecule has 0 amide bonds. The molecule has 2 aromatic rings. The van der Waals surface area contributed by atoms with Crippen molar-refractivity contribution >= 4 is 27.7 Å². The van der Waals surface area contributed by atoms with E-state index in [9.17, 15) is 5.26 Å². The van der Waals surface area contributed by atoms with E-state index < -0.39 is 0 Å². The Labute approximate surface area is 148 Å². The van der Waals surface area contributed by atoms with Crippen molar-refractivity contribution in [2.24, 2.45) is 5.92 Å². The summed E-state index contributed by atoms with van der Waals surface area (Å²) in [7, 11) is 0. The van der Waals surface area contributed by atoms with Gasteiger partial charge in [-0.1, -0.05) is 36.4 Å². The molecule has 0 saturated heterocycles. The number of nitrogens with zero attached hydrogens (tertiary/aromatic N) is 1. The minimum Gasteiger partial charge on any atom is -0.397 e. The lowest BCUT2D eigenvalue weighted by Gasteiger charge is -2.10. The highest BCUT2D eigenvalue weighted by Gasteiger charge is 2.18.